The molecule has 1 aromatic carbocycles. The van der Waals surface area contributed by atoms with Gasteiger partial charge in [-0.05, 0) is 36.4 Å². The lowest BCUT2D eigenvalue weighted by Gasteiger charge is -2.05. The monoisotopic (exact) mass is 246 g/mol. The molecule has 0 saturated heterocycles. The van der Waals surface area contributed by atoms with E-state index in [1.54, 1.807) is 11.8 Å². The zero-order valence-electron chi connectivity index (χ0n) is 6.88. The van der Waals surface area contributed by atoms with Crippen molar-refractivity contribution in [3.05, 3.63) is 28.2 Å². The topological polar surface area (TPSA) is 20.2 Å². The van der Waals surface area contributed by atoms with Crippen molar-refractivity contribution in [1.82, 2.24) is 0 Å². The summed E-state index contributed by atoms with van der Waals surface area (Å²) in [6.45, 7) is 0.212. The van der Waals surface area contributed by atoms with Crippen LogP contribution in [0.15, 0.2) is 27.6 Å². The van der Waals surface area contributed by atoms with Crippen molar-refractivity contribution in [2.24, 2.45) is 0 Å². The third-order valence-electron chi connectivity index (χ3n) is 1.62. The van der Waals surface area contributed by atoms with E-state index in [2.05, 4.69) is 28.1 Å². The largest absolute Gasteiger partial charge is 0.396 e. The Bertz CT molecular complexity index is 263. The highest BCUT2D eigenvalue weighted by molar-refractivity contribution is 9.10. The van der Waals surface area contributed by atoms with Crippen molar-refractivity contribution >= 4 is 27.7 Å². The molecule has 3 heteroatoms. The fourth-order valence-corrected chi connectivity index (χ4v) is 2.10. The van der Waals surface area contributed by atoms with Crippen molar-refractivity contribution in [1.29, 1.82) is 0 Å². The molecule has 1 aromatic rings. The van der Waals surface area contributed by atoms with E-state index in [0.29, 0.717) is 0 Å². The molecule has 0 radical (unpaired) electrons. The maximum Gasteiger partial charge on any atom is 0.0471 e. The van der Waals surface area contributed by atoms with Gasteiger partial charge in [0.2, 0.25) is 0 Å². The zero-order valence-corrected chi connectivity index (χ0v) is 9.28. The quantitative estimate of drug-likeness (QED) is 0.829. The van der Waals surface area contributed by atoms with E-state index in [1.807, 2.05) is 12.3 Å². The Kier molecular flexibility index (Phi) is 4.12. The number of benzene rings is 1. The van der Waals surface area contributed by atoms with Gasteiger partial charge in [0.05, 0.1) is 0 Å². The van der Waals surface area contributed by atoms with E-state index in [9.17, 15) is 0 Å². The number of halogens is 1. The van der Waals surface area contributed by atoms with Crippen LogP contribution in [-0.4, -0.2) is 18.0 Å². The predicted molar refractivity (Wildman–Crippen MR) is 56.7 cm³/mol. The fourth-order valence-electron chi connectivity index (χ4n) is 1.06. The van der Waals surface area contributed by atoms with Crippen LogP contribution in [0.4, 0.5) is 0 Å². The van der Waals surface area contributed by atoms with Gasteiger partial charge in [-0.25, -0.2) is 0 Å². The Hall–Kier alpha value is 0.01000. The summed E-state index contributed by atoms with van der Waals surface area (Å²) < 4.78 is 1.07. The minimum absolute atomic E-state index is 0.212. The van der Waals surface area contributed by atoms with Crippen LogP contribution in [-0.2, 0) is 6.42 Å². The van der Waals surface area contributed by atoms with Gasteiger partial charge in [-0.2, -0.15) is 0 Å². The summed E-state index contributed by atoms with van der Waals surface area (Å²) in [5.74, 6) is 0. The molecule has 0 heterocycles. The lowest BCUT2D eigenvalue weighted by atomic mass is 10.2. The molecule has 12 heavy (non-hydrogen) atoms. The smallest absolute Gasteiger partial charge is 0.0471 e. The Labute approximate surface area is 85.3 Å². The van der Waals surface area contributed by atoms with E-state index < -0.39 is 0 Å². The highest BCUT2D eigenvalue weighted by Gasteiger charge is 2.00. The van der Waals surface area contributed by atoms with Crippen molar-refractivity contribution in [2.75, 3.05) is 12.9 Å². The Morgan fingerprint density at radius 1 is 1.50 bits per heavy atom. The van der Waals surface area contributed by atoms with E-state index in [1.165, 1.54) is 10.5 Å². The molecule has 0 bridgehead atoms. The molecular weight excluding hydrogens is 236 g/mol. The molecule has 0 amide bonds. The maximum atomic E-state index is 8.81. The Morgan fingerprint density at radius 3 is 2.83 bits per heavy atom. The van der Waals surface area contributed by atoms with E-state index in [4.69, 9.17) is 5.11 Å². The molecule has 1 N–H and O–H groups in total. The van der Waals surface area contributed by atoms with Gasteiger partial charge in [0.15, 0.2) is 0 Å². The molecular formula is C9H11BrOS. The highest BCUT2D eigenvalue weighted by Crippen LogP contribution is 2.24. The normalized spacial score (nSPS) is 10.2. The average molecular weight is 247 g/mol. The Morgan fingerprint density at radius 2 is 2.25 bits per heavy atom. The van der Waals surface area contributed by atoms with Crippen molar-refractivity contribution < 1.29 is 5.11 Å². The van der Waals surface area contributed by atoms with Crippen molar-refractivity contribution in [3.63, 3.8) is 0 Å². The van der Waals surface area contributed by atoms with E-state index in [0.717, 1.165) is 10.9 Å². The van der Waals surface area contributed by atoms with Crippen molar-refractivity contribution in [3.8, 4) is 0 Å². The molecule has 0 fully saturated rings. The molecule has 1 rings (SSSR count). The molecule has 0 saturated carbocycles. The van der Waals surface area contributed by atoms with Gasteiger partial charge < -0.3 is 5.11 Å². The lowest BCUT2D eigenvalue weighted by molar-refractivity contribution is 0.299. The van der Waals surface area contributed by atoms with Crippen LogP contribution in [0, 0.1) is 0 Å². The third kappa shape index (κ3) is 2.51. The average Bonchev–Trinajstić information content (AvgIpc) is 2.05. The molecule has 0 aliphatic carbocycles. The number of aliphatic hydroxyl groups excluding tert-OH is 1. The minimum atomic E-state index is 0.212. The molecule has 66 valence electrons. The minimum Gasteiger partial charge on any atom is -0.396 e. The van der Waals surface area contributed by atoms with Crippen LogP contribution in [0.3, 0.4) is 0 Å². The SMILES string of the molecule is CSc1ccc(Br)cc1CCO. The first-order chi connectivity index (χ1) is 5.77. The second-order valence-corrected chi connectivity index (χ2v) is 4.19. The first-order valence-corrected chi connectivity index (χ1v) is 5.73. The van der Waals surface area contributed by atoms with Crippen LogP contribution in [0.25, 0.3) is 0 Å². The summed E-state index contributed by atoms with van der Waals surface area (Å²) in [7, 11) is 0. The van der Waals surface area contributed by atoms with Crippen LogP contribution in [0.1, 0.15) is 5.56 Å². The van der Waals surface area contributed by atoms with Gasteiger partial charge in [-0.15, -0.1) is 11.8 Å². The molecule has 0 unspecified atom stereocenters. The van der Waals surface area contributed by atoms with Gasteiger partial charge in [0.1, 0.15) is 0 Å². The molecule has 0 spiro atoms. The third-order valence-corrected chi connectivity index (χ3v) is 2.95. The first-order valence-electron chi connectivity index (χ1n) is 3.71. The standard InChI is InChI=1S/C9H11BrOS/c1-12-9-3-2-8(10)6-7(9)4-5-11/h2-3,6,11H,4-5H2,1H3. The summed E-state index contributed by atoms with van der Waals surface area (Å²) in [4.78, 5) is 1.24. The zero-order chi connectivity index (χ0) is 8.97. The van der Waals surface area contributed by atoms with Crippen LogP contribution in [0.5, 0.6) is 0 Å². The van der Waals surface area contributed by atoms with E-state index in [-0.39, 0.29) is 6.61 Å². The number of thioether (sulfide) groups is 1. The van der Waals surface area contributed by atoms with Crippen LogP contribution < -0.4 is 0 Å². The number of rotatable bonds is 3. The van der Waals surface area contributed by atoms with Crippen LogP contribution >= 0.6 is 27.7 Å². The summed E-state index contributed by atoms with van der Waals surface area (Å²) >= 11 is 5.12. The summed E-state index contributed by atoms with van der Waals surface area (Å²) in [6.07, 6.45) is 2.78. The molecule has 0 atom stereocenters. The second kappa shape index (κ2) is 4.90. The first kappa shape index (κ1) is 10.1. The molecule has 0 aliphatic rings. The molecule has 0 aromatic heterocycles. The number of hydrogen-bond acceptors (Lipinski definition) is 2. The number of aliphatic hydroxyl groups is 1. The van der Waals surface area contributed by atoms with Crippen LogP contribution in [0.2, 0.25) is 0 Å². The summed E-state index contributed by atoms with van der Waals surface area (Å²) in [5, 5.41) is 8.81. The van der Waals surface area contributed by atoms with Gasteiger partial charge in [-0.1, -0.05) is 15.9 Å². The highest BCUT2D eigenvalue weighted by atomic mass is 79.9. The van der Waals surface area contributed by atoms with Gasteiger partial charge in [0.25, 0.3) is 0 Å². The second-order valence-electron chi connectivity index (χ2n) is 2.43. The molecule has 1 nitrogen and oxygen atoms in total. The van der Waals surface area contributed by atoms with Gasteiger partial charge >= 0.3 is 0 Å². The van der Waals surface area contributed by atoms with E-state index >= 15 is 0 Å². The lowest BCUT2D eigenvalue weighted by Crippen LogP contribution is -1.92. The summed E-state index contributed by atoms with van der Waals surface area (Å²) in [6, 6.07) is 6.15. The van der Waals surface area contributed by atoms with Crippen molar-refractivity contribution in [2.45, 2.75) is 11.3 Å². The Balaban J connectivity index is 2.95. The van der Waals surface area contributed by atoms with Gasteiger partial charge in [-0.3, -0.25) is 0 Å². The molecule has 0 aliphatic heterocycles. The fraction of sp³-hybridized carbons (Fsp3) is 0.333. The van der Waals surface area contributed by atoms with Gasteiger partial charge in [0, 0.05) is 16.0 Å². The number of hydrogen-bond donors (Lipinski definition) is 1. The maximum absolute atomic E-state index is 8.81. The predicted octanol–water partition coefficient (Wildman–Crippen LogP) is 2.71. The summed E-state index contributed by atoms with van der Waals surface area (Å²) in [5.41, 5.74) is 1.21.